The summed E-state index contributed by atoms with van der Waals surface area (Å²) in [5, 5.41) is 5.15. The van der Waals surface area contributed by atoms with Crippen LogP contribution in [0, 0.1) is 0 Å². The van der Waals surface area contributed by atoms with Crippen LogP contribution in [0.2, 0.25) is 0 Å². The molecule has 24 heavy (non-hydrogen) atoms. The lowest BCUT2D eigenvalue weighted by Crippen LogP contribution is -2.22. The van der Waals surface area contributed by atoms with E-state index in [0.717, 1.165) is 15.7 Å². The molecule has 4 aromatic rings. The number of aromatic nitrogens is 3. The third-order valence-corrected chi connectivity index (χ3v) is 4.25. The molecule has 4 rings (SSSR count). The number of hydrogen-bond donors (Lipinski definition) is 0. The number of rotatable bonds is 2. The second-order valence-electron chi connectivity index (χ2n) is 5.31. The molecule has 0 aliphatic carbocycles. The monoisotopic (exact) mass is 377 g/mol. The average molecular weight is 378 g/mol. The Balaban J connectivity index is 2.10. The first-order valence-corrected chi connectivity index (χ1v) is 8.23. The van der Waals surface area contributed by atoms with Crippen molar-refractivity contribution in [3.63, 3.8) is 0 Å². The van der Waals surface area contributed by atoms with Crippen molar-refractivity contribution >= 4 is 26.8 Å². The normalized spacial score (nSPS) is 10.9. The summed E-state index contributed by atoms with van der Waals surface area (Å²) >= 11 is 3.48. The molecule has 0 amide bonds. The molecule has 0 saturated heterocycles. The van der Waals surface area contributed by atoms with Gasteiger partial charge in [0.1, 0.15) is 11.2 Å². The molecule has 116 valence electrons. The van der Waals surface area contributed by atoms with Gasteiger partial charge in [-0.15, -0.1) is 0 Å². The van der Waals surface area contributed by atoms with E-state index in [4.69, 9.17) is 0 Å². The van der Waals surface area contributed by atoms with Gasteiger partial charge in [-0.2, -0.15) is 9.78 Å². The van der Waals surface area contributed by atoms with Gasteiger partial charge in [0.15, 0.2) is 0 Å². The molecule has 0 aliphatic heterocycles. The van der Waals surface area contributed by atoms with E-state index in [9.17, 15) is 4.79 Å². The van der Waals surface area contributed by atoms with E-state index in [1.807, 2.05) is 54.6 Å². The van der Waals surface area contributed by atoms with Crippen molar-refractivity contribution in [3.8, 4) is 16.9 Å². The summed E-state index contributed by atoms with van der Waals surface area (Å²) in [7, 11) is 0. The molecule has 2 heterocycles. The Kier molecular flexibility index (Phi) is 3.70. The Bertz CT molecular complexity index is 1090. The third kappa shape index (κ3) is 2.53. The molecule has 0 bridgehead atoms. The van der Waals surface area contributed by atoms with Crippen molar-refractivity contribution in [1.29, 1.82) is 0 Å². The largest absolute Gasteiger partial charge is 0.280 e. The van der Waals surface area contributed by atoms with Crippen LogP contribution in [0.5, 0.6) is 0 Å². The summed E-state index contributed by atoms with van der Waals surface area (Å²) in [4.78, 5) is 17.2. The Morgan fingerprint density at radius 1 is 0.917 bits per heavy atom. The summed E-state index contributed by atoms with van der Waals surface area (Å²) in [5.74, 6) is 0. The number of nitrogens with zero attached hydrogens (tertiary/aromatic N) is 3. The van der Waals surface area contributed by atoms with Crippen molar-refractivity contribution < 1.29 is 0 Å². The molecule has 0 aliphatic rings. The van der Waals surface area contributed by atoms with Crippen LogP contribution in [-0.4, -0.2) is 14.8 Å². The minimum absolute atomic E-state index is 0.178. The predicted molar refractivity (Wildman–Crippen MR) is 98.3 cm³/mol. The van der Waals surface area contributed by atoms with E-state index in [2.05, 4.69) is 26.0 Å². The highest BCUT2D eigenvalue weighted by Gasteiger charge is 2.14. The fourth-order valence-corrected chi connectivity index (χ4v) is 3.05. The first-order valence-electron chi connectivity index (χ1n) is 7.43. The van der Waals surface area contributed by atoms with E-state index in [1.165, 1.54) is 4.68 Å². The predicted octanol–water partition coefficient (Wildman–Crippen LogP) is 4.21. The van der Waals surface area contributed by atoms with Crippen LogP contribution in [-0.2, 0) is 0 Å². The summed E-state index contributed by atoms with van der Waals surface area (Å²) in [5.41, 5.74) is 2.73. The standard InChI is InChI=1S/C19H12BrN3O/c20-14-7-4-6-13(12-14)17-18-16(10-5-11-21-18)19(24)23(22-17)15-8-2-1-3-9-15/h1-12H. The van der Waals surface area contributed by atoms with Gasteiger partial charge < -0.3 is 0 Å². The van der Waals surface area contributed by atoms with Crippen LogP contribution in [0.15, 0.2) is 82.2 Å². The van der Waals surface area contributed by atoms with Gasteiger partial charge >= 0.3 is 0 Å². The Hall–Kier alpha value is -2.79. The Morgan fingerprint density at radius 3 is 2.54 bits per heavy atom. The minimum Gasteiger partial charge on any atom is -0.267 e. The van der Waals surface area contributed by atoms with Crippen molar-refractivity contribution in [2.24, 2.45) is 0 Å². The SMILES string of the molecule is O=c1c2cccnc2c(-c2cccc(Br)c2)nn1-c1ccccc1. The maximum absolute atomic E-state index is 12.8. The maximum Gasteiger partial charge on any atom is 0.280 e. The number of para-hydroxylation sites is 1. The van der Waals surface area contributed by atoms with Gasteiger partial charge in [-0.1, -0.05) is 46.3 Å². The summed E-state index contributed by atoms with van der Waals surface area (Å²) in [6.07, 6.45) is 1.68. The molecule has 0 saturated carbocycles. The minimum atomic E-state index is -0.178. The molecular weight excluding hydrogens is 366 g/mol. The zero-order chi connectivity index (χ0) is 16.5. The van der Waals surface area contributed by atoms with Crippen molar-refractivity contribution in [3.05, 3.63) is 87.8 Å². The second-order valence-corrected chi connectivity index (χ2v) is 6.23. The molecule has 0 spiro atoms. The molecule has 0 fully saturated rings. The zero-order valence-corrected chi connectivity index (χ0v) is 14.1. The van der Waals surface area contributed by atoms with E-state index >= 15 is 0 Å². The molecule has 2 aromatic heterocycles. The molecule has 0 radical (unpaired) electrons. The van der Waals surface area contributed by atoms with Crippen molar-refractivity contribution in [2.45, 2.75) is 0 Å². The average Bonchev–Trinajstić information content (AvgIpc) is 2.63. The van der Waals surface area contributed by atoms with E-state index in [1.54, 1.807) is 18.3 Å². The van der Waals surface area contributed by atoms with Crippen LogP contribution in [0.25, 0.3) is 27.8 Å². The summed E-state index contributed by atoms with van der Waals surface area (Å²) in [6.45, 7) is 0. The van der Waals surface area contributed by atoms with Crippen LogP contribution < -0.4 is 5.56 Å². The summed E-state index contributed by atoms with van der Waals surface area (Å²) < 4.78 is 2.38. The van der Waals surface area contributed by atoms with Crippen molar-refractivity contribution in [1.82, 2.24) is 14.8 Å². The highest BCUT2D eigenvalue weighted by molar-refractivity contribution is 9.10. The van der Waals surface area contributed by atoms with E-state index in [0.29, 0.717) is 16.6 Å². The molecule has 0 unspecified atom stereocenters. The number of halogens is 1. The lowest BCUT2D eigenvalue weighted by molar-refractivity contribution is 0.824. The van der Waals surface area contributed by atoms with Gasteiger partial charge in [0, 0.05) is 16.2 Å². The van der Waals surface area contributed by atoms with Crippen molar-refractivity contribution in [2.75, 3.05) is 0 Å². The van der Waals surface area contributed by atoms with Gasteiger partial charge in [-0.05, 0) is 36.4 Å². The highest BCUT2D eigenvalue weighted by Crippen LogP contribution is 2.26. The topological polar surface area (TPSA) is 47.8 Å². The van der Waals surface area contributed by atoms with Gasteiger partial charge in [-0.25, -0.2) is 0 Å². The van der Waals surface area contributed by atoms with Gasteiger partial charge in [0.25, 0.3) is 5.56 Å². The first-order chi connectivity index (χ1) is 11.7. The molecule has 5 heteroatoms. The quantitative estimate of drug-likeness (QED) is 0.525. The summed E-state index contributed by atoms with van der Waals surface area (Å²) in [6, 6.07) is 20.8. The molecule has 4 nitrogen and oxygen atoms in total. The third-order valence-electron chi connectivity index (χ3n) is 3.75. The smallest absolute Gasteiger partial charge is 0.267 e. The van der Waals surface area contributed by atoms with Gasteiger partial charge in [-0.3, -0.25) is 9.78 Å². The fourth-order valence-electron chi connectivity index (χ4n) is 2.65. The van der Waals surface area contributed by atoms with Crippen LogP contribution in [0.4, 0.5) is 0 Å². The van der Waals surface area contributed by atoms with Gasteiger partial charge in [0.2, 0.25) is 0 Å². The van der Waals surface area contributed by atoms with Gasteiger partial charge in [0.05, 0.1) is 11.1 Å². The Labute approximate surface area is 146 Å². The molecule has 0 N–H and O–H groups in total. The lowest BCUT2D eigenvalue weighted by Gasteiger charge is -2.10. The number of benzene rings is 2. The Morgan fingerprint density at radius 2 is 1.75 bits per heavy atom. The highest BCUT2D eigenvalue weighted by atomic mass is 79.9. The van der Waals surface area contributed by atoms with Crippen LogP contribution in [0.3, 0.4) is 0 Å². The van der Waals surface area contributed by atoms with E-state index in [-0.39, 0.29) is 5.56 Å². The second kappa shape index (κ2) is 6.02. The van der Waals surface area contributed by atoms with Crippen LogP contribution in [0.1, 0.15) is 0 Å². The first kappa shape index (κ1) is 14.8. The maximum atomic E-state index is 12.8. The molecule has 0 atom stereocenters. The van der Waals surface area contributed by atoms with Crippen LogP contribution >= 0.6 is 15.9 Å². The zero-order valence-electron chi connectivity index (χ0n) is 12.6. The number of pyridine rings is 1. The molecular formula is C19H12BrN3O. The number of fused-ring (bicyclic) bond motifs is 1. The lowest BCUT2D eigenvalue weighted by atomic mass is 10.1. The number of hydrogen-bond acceptors (Lipinski definition) is 3. The fraction of sp³-hybridized carbons (Fsp3) is 0. The van der Waals surface area contributed by atoms with E-state index < -0.39 is 0 Å². The molecule has 2 aromatic carbocycles.